The number of ether oxygens (including phenoxy) is 4. The molecule has 3 heterocycles. The molecule has 0 radical (unpaired) electrons. The third-order valence-corrected chi connectivity index (χ3v) is 7.89. The number of nitrogens with zero attached hydrogens (tertiary/aromatic N) is 3. The van der Waals surface area contributed by atoms with E-state index >= 15 is 0 Å². The van der Waals surface area contributed by atoms with Gasteiger partial charge in [-0.2, -0.15) is 0 Å². The highest BCUT2D eigenvalue weighted by atomic mass is 16.5. The average molecular weight is 538 g/mol. The third kappa shape index (κ3) is 7.51. The Hall–Kier alpha value is -2.65. The van der Waals surface area contributed by atoms with Crippen molar-refractivity contribution in [3.05, 3.63) is 42.5 Å². The Kier molecular flexibility index (Phi) is 10.1. The van der Waals surface area contributed by atoms with E-state index in [0.29, 0.717) is 31.2 Å². The number of aromatic nitrogens is 1. The average Bonchev–Trinajstić information content (AvgIpc) is 3.70. The molecule has 8 heteroatoms. The number of likely N-dealkylation sites (tertiary alicyclic amines) is 2. The fourth-order valence-corrected chi connectivity index (χ4v) is 5.87. The normalized spacial score (nSPS) is 20.3. The van der Waals surface area contributed by atoms with Crippen LogP contribution in [0.25, 0.3) is 22.6 Å². The van der Waals surface area contributed by atoms with E-state index in [1.807, 2.05) is 42.5 Å². The molecule has 1 aromatic heterocycles. The van der Waals surface area contributed by atoms with Crippen molar-refractivity contribution in [2.75, 3.05) is 66.8 Å². The Morgan fingerprint density at radius 2 is 1.38 bits per heavy atom. The van der Waals surface area contributed by atoms with Crippen molar-refractivity contribution >= 4 is 11.1 Å². The van der Waals surface area contributed by atoms with Crippen LogP contribution in [-0.4, -0.2) is 93.7 Å². The lowest BCUT2D eigenvalue weighted by atomic mass is 10.2. The first-order valence-electron chi connectivity index (χ1n) is 14.5. The minimum Gasteiger partial charge on any atom is -0.494 e. The van der Waals surface area contributed by atoms with E-state index in [1.54, 1.807) is 14.2 Å². The second-order valence-corrected chi connectivity index (χ2v) is 10.7. The van der Waals surface area contributed by atoms with E-state index in [1.165, 1.54) is 25.7 Å². The second kappa shape index (κ2) is 14.1. The summed E-state index contributed by atoms with van der Waals surface area (Å²) in [6.45, 7) is 7.42. The van der Waals surface area contributed by atoms with E-state index in [-0.39, 0.29) is 0 Å². The van der Waals surface area contributed by atoms with Crippen molar-refractivity contribution < 1.29 is 23.4 Å². The van der Waals surface area contributed by atoms with Gasteiger partial charge in [0.25, 0.3) is 0 Å². The van der Waals surface area contributed by atoms with E-state index in [9.17, 15) is 0 Å². The summed E-state index contributed by atoms with van der Waals surface area (Å²) < 4.78 is 28.8. The van der Waals surface area contributed by atoms with Crippen LogP contribution in [0.4, 0.5) is 0 Å². The van der Waals surface area contributed by atoms with E-state index in [0.717, 1.165) is 80.4 Å². The van der Waals surface area contributed by atoms with Crippen LogP contribution in [0.5, 0.6) is 11.5 Å². The Morgan fingerprint density at radius 3 is 2.00 bits per heavy atom. The fraction of sp³-hybridized carbons (Fsp3) is 0.581. The van der Waals surface area contributed by atoms with Gasteiger partial charge in [0.2, 0.25) is 5.89 Å². The second-order valence-electron chi connectivity index (χ2n) is 10.7. The highest BCUT2D eigenvalue weighted by molar-refractivity contribution is 5.77. The zero-order chi connectivity index (χ0) is 26.9. The molecule has 0 bridgehead atoms. The molecule has 0 amide bonds. The smallest absolute Gasteiger partial charge is 0.227 e. The van der Waals surface area contributed by atoms with Gasteiger partial charge in [-0.25, -0.2) is 4.98 Å². The van der Waals surface area contributed by atoms with Crippen molar-refractivity contribution in [2.24, 2.45) is 0 Å². The number of oxazole rings is 1. The molecule has 2 saturated heterocycles. The monoisotopic (exact) mass is 537 g/mol. The van der Waals surface area contributed by atoms with Crippen LogP contribution in [0, 0.1) is 0 Å². The van der Waals surface area contributed by atoms with Crippen molar-refractivity contribution in [3.63, 3.8) is 0 Å². The van der Waals surface area contributed by atoms with Gasteiger partial charge in [-0.05, 0) is 88.0 Å². The number of rotatable bonds is 15. The van der Waals surface area contributed by atoms with Gasteiger partial charge in [-0.3, -0.25) is 9.80 Å². The Balaban J connectivity index is 1.07. The maximum Gasteiger partial charge on any atom is 0.227 e. The Bertz CT molecular complexity index is 1150. The molecule has 2 fully saturated rings. The largest absolute Gasteiger partial charge is 0.494 e. The molecule has 2 unspecified atom stereocenters. The van der Waals surface area contributed by atoms with Crippen LogP contribution in [0.15, 0.2) is 46.9 Å². The maximum absolute atomic E-state index is 6.08. The van der Waals surface area contributed by atoms with Gasteiger partial charge in [-0.1, -0.05) is 0 Å². The molecule has 2 aromatic carbocycles. The molecule has 0 N–H and O–H groups in total. The van der Waals surface area contributed by atoms with E-state index < -0.39 is 0 Å². The summed E-state index contributed by atoms with van der Waals surface area (Å²) in [6.07, 6.45) is 6.96. The van der Waals surface area contributed by atoms with E-state index in [4.69, 9.17) is 23.4 Å². The Morgan fingerprint density at radius 1 is 0.795 bits per heavy atom. The first-order chi connectivity index (χ1) is 19.2. The summed E-state index contributed by atoms with van der Waals surface area (Å²) in [5.74, 6) is 2.28. The summed E-state index contributed by atoms with van der Waals surface area (Å²) in [5.41, 5.74) is 2.48. The van der Waals surface area contributed by atoms with Crippen molar-refractivity contribution in [1.82, 2.24) is 14.8 Å². The van der Waals surface area contributed by atoms with Crippen LogP contribution in [0.2, 0.25) is 0 Å². The Labute approximate surface area is 232 Å². The summed E-state index contributed by atoms with van der Waals surface area (Å²) in [5, 5.41) is 0. The van der Waals surface area contributed by atoms with Gasteiger partial charge in [0.05, 0.1) is 26.4 Å². The third-order valence-electron chi connectivity index (χ3n) is 7.89. The molecule has 2 atom stereocenters. The lowest BCUT2D eigenvalue weighted by molar-refractivity contribution is 0.111. The maximum atomic E-state index is 6.08. The van der Waals surface area contributed by atoms with Gasteiger partial charge in [0, 0.05) is 51.0 Å². The van der Waals surface area contributed by atoms with Crippen LogP contribution >= 0.6 is 0 Å². The zero-order valence-corrected chi connectivity index (χ0v) is 23.5. The molecule has 8 nitrogen and oxygen atoms in total. The lowest BCUT2D eigenvalue weighted by Gasteiger charge is -2.23. The van der Waals surface area contributed by atoms with Crippen molar-refractivity contribution in [3.8, 4) is 23.0 Å². The quantitative estimate of drug-likeness (QED) is 0.243. The predicted octanol–water partition coefficient (Wildman–Crippen LogP) is 5.25. The van der Waals surface area contributed by atoms with Crippen LogP contribution in [0.1, 0.15) is 38.5 Å². The molecular weight excluding hydrogens is 494 g/mol. The van der Waals surface area contributed by atoms with Crippen LogP contribution < -0.4 is 9.47 Å². The number of fused-ring (bicyclic) bond motifs is 1. The molecule has 0 spiro atoms. The number of hydrogen-bond acceptors (Lipinski definition) is 8. The zero-order valence-electron chi connectivity index (χ0n) is 23.5. The van der Waals surface area contributed by atoms with Gasteiger partial charge in [0.1, 0.15) is 17.0 Å². The number of hydrogen-bond donors (Lipinski definition) is 0. The van der Waals surface area contributed by atoms with Crippen molar-refractivity contribution in [1.29, 1.82) is 0 Å². The minimum absolute atomic E-state index is 0.550. The fourth-order valence-electron chi connectivity index (χ4n) is 5.87. The first-order valence-corrected chi connectivity index (χ1v) is 14.5. The molecule has 5 rings (SSSR count). The van der Waals surface area contributed by atoms with Gasteiger partial charge >= 0.3 is 0 Å². The van der Waals surface area contributed by atoms with Gasteiger partial charge < -0.3 is 23.4 Å². The van der Waals surface area contributed by atoms with Gasteiger partial charge in [0.15, 0.2) is 5.58 Å². The molecule has 0 aliphatic carbocycles. The summed E-state index contributed by atoms with van der Waals surface area (Å²) >= 11 is 0. The molecule has 2 aliphatic rings. The molecular formula is C31H43N3O5. The van der Waals surface area contributed by atoms with Crippen LogP contribution in [-0.2, 0) is 9.47 Å². The standard InChI is InChI=1S/C31H43N3O5/c1-35-22-25-7-3-15-33(25)17-5-19-37-27-11-9-24(10-12-27)31-32-29-14-13-28(21-30(29)39-31)38-20-6-18-34-16-4-8-26(34)23-36-2/h9-14,21,25-26H,3-8,15-20,22-23H2,1-2H3. The topological polar surface area (TPSA) is 69.4 Å². The highest BCUT2D eigenvalue weighted by Crippen LogP contribution is 2.28. The molecule has 0 saturated carbocycles. The summed E-state index contributed by atoms with van der Waals surface area (Å²) in [6, 6.07) is 14.9. The van der Waals surface area contributed by atoms with Gasteiger partial charge in [-0.15, -0.1) is 0 Å². The number of methoxy groups -OCH3 is 2. The SMILES string of the molecule is COCC1CCCN1CCCOc1ccc(-c2nc3ccc(OCCCN4CCCC4COC)cc3o2)cc1. The lowest BCUT2D eigenvalue weighted by Crippen LogP contribution is -2.34. The molecule has 2 aliphatic heterocycles. The minimum atomic E-state index is 0.550. The first kappa shape index (κ1) is 27.9. The summed E-state index contributed by atoms with van der Waals surface area (Å²) in [7, 11) is 3.57. The number of benzene rings is 2. The van der Waals surface area contributed by atoms with E-state index in [2.05, 4.69) is 14.8 Å². The highest BCUT2D eigenvalue weighted by Gasteiger charge is 2.24. The molecule has 212 valence electrons. The van der Waals surface area contributed by atoms with Crippen molar-refractivity contribution in [2.45, 2.75) is 50.6 Å². The molecule has 3 aromatic rings. The van der Waals surface area contributed by atoms with Crippen LogP contribution in [0.3, 0.4) is 0 Å². The predicted molar refractivity (Wildman–Crippen MR) is 153 cm³/mol. The molecule has 39 heavy (non-hydrogen) atoms. The summed E-state index contributed by atoms with van der Waals surface area (Å²) in [4.78, 5) is 9.71.